The van der Waals surface area contributed by atoms with E-state index in [1.54, 1.807) is 0 Å². The third-order valence-electron chi connectivity index (χ3n) is 3.25. The van der Waals surface area contributed by atoms with Gasteiger partial charge in [0.25, 0.3) is 0 Å². The highest BCUT2D eigenvalue weighted by atomic mass is 16.4. The number of primary amides is 1. The molecular formula is C14H26N8O6. The summed E-state index contributed by atoms with van der Waals surface area (Å²) in [4.78, 5) is 61.2. The van der Waals surface area contributed by atoms with Gasteiger partial charge in [0.1, 0.15) is 12.1 Å². The van der Waals surface area contributed by atoms with Crippen LogP contribution in [0.4, 0.5) is 0 Å². The summed E-state index contributed by atoms with van der Waals surface area (Å²) in [6.45, 7) is -0.587. The third-order valence-corrected chi connectivity index (χ3v) is 3.25. The van der Waals surface area contributed by atoms with Crippen molar-refractivity contribution in [3.8, 4) is 0 Å². The molecule has 0 aliphatic rings. The van der Waals surface area contributed by atoms with Gasteiger partial charge in [-0.2, -0.15) is 0 Å². The minimum atomic E-state index is -1.56. The Morgan fingerprint density at radius 3 is 2.11 bits per heavy atom. The molecule has 14 nitrogen and oxygen atoms in total. The fraction of sp³-hybridized carbons (Fsp3) is 0.571. The number of nitrogens with two attached hydrogens (primary N) is 4. The molecule has 0 aliphatic carbocycles. The molecule has 0 spiro atoms. The van der Waals surface area contributed by atoms with E-state index in [2.05, 4.69) is 20.9 Å². The first-order valence-electron chi connectivity index (χ1n) is 8.19. The molecule has 14 heteroatoms. The van der Waals surface area contributed by atoms with Crippen LogP contribution in [0.1, 0.15) is 19.3 Å². The number of nitrogens with one attached hydrogen (secondary N) is 3. The van der Waals surface area contributed by atoms with Gasteiger partial charge in [0.05, 0.1) is 19.5 Å². The van der Waals surface area contributed by atoms with Gasteiger partial charge in [0, 0.05) is 6.54 Å². The van der Waals surface area contributed by atoms with Gasteiger partial charge in [-0.05, 0) is 12.8 Å². The molecule has 158 valence electrons. The second-order valence-electron chi connectivity index (χ2n) is 5.62. The monoisotopic (exact) mass is 402 g/mol. The number of amides is 4. The van der Waals surface area contributed by atoms with Crippen molar-refractivity contribution in [1.82, 2.24) is 16.0 Å². The van der Waals surface area contributed by atoms with Crippen LogP contribution in [0.15, 0.2) is 4.99 Å². The number of guanidine groups is 1. The van der Waals surface area contributed by atoms with Crippen molar-refractivity contribution in [2.45, 2.75) is 31.3 Å². The van der Waals surface area contributed by atoms with Crippen molar-refractivity contribution in [3.05, 3.63) is 0 Å². The van der Waals surface area contributed by atoms with Crippen LogP contribution >= 0.6 is 0 Å². The summed E-state index contributed by atoms with van der Waals surface area (Å²) < 4.78 is 0. The Bertz CT molecular complexity index is 619. The molecule has 28 heavy (non-hydrogen) atoms. The summed E-state index contributed by atoms with van der Waals surface area (Å²) in [5, 5.41) is 15.8. The lowest BCUT2D eigenvalue weighted by atomic mass is 10.1. The zero-order chi connectivity index (χ0) is 21.7. The van der Waals surface area contributed by atoms with E-state index >= 15 is 0 Å². The number of carbonyl (C=O) groups excluding carboxylic acids is 4. The topological polar surface area (TPSA) is 258 Å². The van der Waals surface area contributed by atoms with E-state index in [9.17, 15) is 24.0 Å². The van der Waals surface area contributed by atoms with Crippen LogP contribution in [0, 0.1) is 0 Å². The fourth-order valence-corrected chi connectivity index (χ4v) is 1.94. The lowest BCUT2D eigenvalue weighted by Crippen LogP contribution is -2.53. The summed E-state index contributed by atoms with van der Waals surface area (Å²) in [6.07, 6.45) is -0.288. The normalized spacial score (nSPS) is 12.2. The van der Waals surface area contributed by atoms with Crippen molar-refractivity contribution in [2.24, 2.45) is 27.9 Å². The number of carboxylic acid groups (broad SMARTS) is 1. The smallest absolute Gasteiger partial charge is 0.326 e. The number of carbonyl (C=O) groups is 5. The number of hydrogen-bond donors (Lipinski definition) is 8. The fourth-order valence-electron chi connectivity index (χ4n) is 1.94. The highest BCUT2D eigenvalue weighted by Crippen LogP contribution is 2.01. The molecule has 2 atom stereocenters. The Hall–Kier alpha value is -3.42. The molecule has 2 unspecified atom stereocenters. The van der Waals surface area contributed by atoms with Gasteiger partial charge in [-0.1, -0.05) is 0 Å². The van der Waals surface area contributed by atoms with Gasteiger partial charge in [0.15, 0.2) is 5.96 Å². The first kappa shape index (κ1) is 24.6. The largest absolute Gasteiger partial charge is 0.480 e. The predicted molar refractivity (Wildman–Crippen MR) is 97.3 cm³/mol. The molecule has 4 amide bonds. The van der Waals surface area contributed by atoms with Crippen molar-refractivity contribution < 1.29 is 29.1 Å². The highest BCUT2D eigenvalue weighted by Gasteiger charge is 2.27. The van der Waals surface area contributed by atoms with E-state index < -0.39 is 54.6 Å². The van der Waals surface area contributed by atoms with Crippen LogP contribution in [0.25, 0.3) is 0 Å². The molecule has 0 fully saturated rings. The van der Waals surface area contributed by atoms with Gasteiger partial charge in [-0.3, -0.25) is 24.2 Å². The summed E-state index contributed by atoms with van der Waals surface area (Å²) in [6, 6.07) is -2.72. The van der Waals surface area contributed by atoms with Crippen molar-refractivity contribution in [2.75, 3.05) is 19.6 Å². The maximum Gasteiger partial charge on any atom is 0.326 e. The number of carboxylic acids is 1. The zero-order valence-electron chi connectivity index (χ0n) is 15.1. The van der Waals surface area contributed by atoms with Crippen LogP contribution in [0.3, 0.4) is 0 Å². The van der Waals surface area contributed by atoms with Gasteiger partial charge in [0.2, 0.25) is 23.6 Å². The van der Waals surface area contributed by atoms with Gasteiger partial charge >= 0.3 is 5.97 Å². The van der Waals surface area contributed by atoms with Crippen LogP contribution in [0.2, 0.25) is 0 Å². The number of hydrogen-bond acceptors (Lipinski definition) is 7. The first-order chi connectivity index (χ1) is 13.1. The van der Waals surface area contributed by atoms with E-state index in [1.807, 2.05) is 0 Å². The molecule has 0 aromatic rings. The second-order valence-corrected chi connectivity index (χ2v) is 5.62. The van der Waals surface area contributed by atoms with Crippen molar-refractivity contribution in [1.29, 1.82) is 0 Å². The van der Waals surface area contributed by atoms with Crippen LogP contribution in [-0.2, 0) is 24.0 Å². The molecule has 0 heterocycles. The Kier molecular flexibility index (Phi) is 11.3. The average molecular weight is 402 g/mol. The summed E-state index contributed by atoms with van der Waals surface area (Å²) >= 11 is 0. The highest BCUT2D eigenvalue weighted by molar-refractivity contribution is 5.93. The van der Waals surface area contributed by atoms with E-state index in [-0.39, 0.29) is 31.9 Å². The number of rotatable bonds is 13. The quantitative estimate of drug-likeness (QED) is 0.0832. The van der Waals surface area contributed by atoms with E-state index in [0.717, 1.165) is 0 Å². The summed E-state index contributed by atoms with van der Waals surface area (Å²) in [5.74, 6) is -4.67. The molecular weight excluding hydrogens is 376 g/mol. The average Bonchev–Trinajstić information content (AvgIpc) is 2.60. The summed E-state index contributed by atoms with van der Waals surface area (Å²) in [5.41, 5.74) is 20.5. The maximum absolute atomic E-state index is 12.4. The molecule has 12 N–H and O–H groups in total. The van der Waals surface area contributed by atoms with Gasteiger partial charge in [-0.25, -0.2) is 4.79 Å². The molecule has 0 radical (unpaired) electrons. The predicted octanol–water partition coefficient (Wildman–Crippen LogP) is -4.96. The van der Waals surface area contributed by atoms with Crippen molar-refractivity contribution >= 4 is 35.6 Å². The van der Waals surface area contributed by atoms with E-state index in [4.69, 9.17) is 28.0 Å². The summed E-state index contributed by atoms with van der Waals surface area (Å²) in [7, 11) is 0. The Morgan fingerprint density at radius 2 is 1.61 bits per heavy atom. The molecule has 0 bridgehead atoms. The molecule has 0 rings (SSSR count). The van der Waals surface area contributed by atoms with Crippen LogP contribution < -0.4 is 38.9 Å². The van der Waals surface area contributed by atoms with Crippen molar-refractivity contribution in [3.63, 3.8) is 0 Å². The minimum absolute atomic E-state index is 0.0576. The lowest BCUT2D eigenvalue weighted by molar-refractivity contribution is -0.143. The first-order valence-corrected chi connectivity index (χ1v) is 8.19. The Labute approximate surface area is 160 Å². The van der Waals surface area contributed by atoms with Crippen LogP contribution in [0.5, 0.6) is 0 Å². The van der Waals surface area contributed by atoms with E-state index in [1.165, 1.54) is 0 Å². The molecule has 0 saturated carbocycles. The minimum Gasteiger partial charge on any atom is -0.480 e. The van der Waals surface area contributed by atoms with Crippen LogP contribution in [-0.4, -0.2) is 72.4 Å². The molecule has 0 aliphatic heterocycles. The molecule has 0 saturated heterocycles. The van der Waals surface area contributed by atoms with Gasteiger partial charge < -0.3 is 44.0 Å². The second kappa shape index (κ2) is 12.9. The number of nitrogens with zero attached hydrogens (tertiary/aromatic N) is 1. The standard InChI is InChI=1S/C14H26N8O6/c15-5-10(24)20-6-11(25)21-7(2-1-3-19-14(17)18)12(26)22-8(13(27)28)4-9(16)23/h7-8H,1-6,15H2,(H2,16,23)(H,20,24)(H,21,25)(H,22,26)(H,27,28)(H4,17,18,19). The van der Waals surface area contributed by atoms with E-state index in [0.29, 0.717) is 0 Å². The number of aliphatic imine (C=N–C) groups is 1. The third kappa shape index (κ3) is 11.2. The Balaban J connectivity index is 5.01. The van der Waals surface area contributed by atoms with Gasteiger partial charge in [-0.15, -0.1) is 0 Å². The lowest BCUT2D eigenvalue weighted by Gasteiger charge is -2.21. The SMILES string of the molecule is NCC(=O)NCC(=O)NC(CCCN=C(N)N)C(=O)NC(CC(N)=O)C(=O)O. The Morgan fingerprint density at radius 1 is 0.964 bits per heavy atom. The molecule has 0 aromatic carbocycles. The number of aliphatic carboxylic acids is 1. The maximum atomic E-state index is 12.4. The molecule has 0 aromatic heterocycles. The zero-order valence-corrected chi connectivity index (χ0v) is 15.1.